The van der Waals surface area contributed by atoms with Crippen molar-refractivity contribution in [3.8, 4) is 11.5 Å². The maximum atomic E-state index is 12.0. The van der Waals surface area contributed by atoms with Crippen molar-refractivity contribution in [1.29, 1.82) is 0 Å². The number of fused-ring (bicyclic) bond motifs is 1. The van der Waals surface area contributed by atoms with Crippen LogP contribution in [0.15, 0.2) is 51.7 Å². The van der Waals surface area contributed by atoms with Crippen LogP contribution in [0.3, 0.4) is 0 Å². The molecule has 0 saturated heterocycles. The Balaban J connectivity index is 1.50. The van der Waals surface area contributed by atoms with E-state index in [1.807, 2.05) is 30.3 Å². The number of ether oxygens (including phenoxy) is 2. The van der Waals surface area contributed by atoms with Crippen molar-refractivity contribution in [2.75, 3.05) is 6.79 Å². The summed E-state index contributed by atoms with van der Waals surface area (Å²) in [5.74, 6) is 2.72. The van der Waals surface area contributed by atoms with Gasteiger partial charge in [0.1, 0.15) is 17.3 Å². The first-order chi connectivity index (χ1) is 11.3. The van der Waals surface area contributed by atoms with Gasteiger partial charge in [0.2, 0.25) is 6.79 Å². The molecular weight excluding hydrogens is 296 g/mol. The van der Waals surface area contributed by atoms with Crippen molar-refractivity contribution in [2.24, 2.45) is 4.99 Å². The molecule has 1 amide bonds. The first kappa shape index (κ1) is 13.6. The largest absolute Gasteiger partial charge is 0.469 e. The van der Waals surface area contributed by atoms with Crippen LogP contribution in [-0.2, 0) is 11.2 Å². The molecule has 116 valence electrons. The summed E-state index contributed by atoms with van der Waals surface area (Å²) in [6.45, 7) is 0.227. The van der Waals surface area contributed by atoms with Gasteiger partial charge < -0.3 is 19.2 Å². The second-order valence-electron chi connectivity index (χ2n) is 5.23. The fraction of sp³-hybridized carbons (Fsp3) is 0.176. The lowest BCUT2D eigenvalue weighted by molar-refractivity contribution is -0.115. The number of amidine groups is 1. The average molecular weight is 310 g/mol. The number of furan rings is 1. The summed E-state index contributed by atoms with van der Waals surface area (Å²) >= 11 is 0. The van der Waals surface area contributed by atoms with Gasteiger partial charge in [-0.15, -0.1) is 0 Å². The van der Waals surface area contributed by atoms with E-state index >= 15 is 0 Å². The topological polar surface area (TPSA) is 73.1 Å². The third-order valence-corrected chi connectivity index (χ3v) is 3.63. The number of amides is 1. The van der Waals surface area contributed by atoms with Crippen LogP contribution in [0, 0.1) is 0 Å². The Morgan fingerprint density at radius 2 is 2.09 bits per heavy atom. The Morgan fingerprint density at radius 1 is 1.17 bits per heavy atom. The standard InChI is InChI=1S/C17H14N2O4/c20-17-13(8-11-3-5-14-15(9-11)23-10-22-14)18-16(19-17)6-4-12-2-1-7-21-12/h1-3,5,7-9H,4,6,10H2,(H,18,19,20)/b13-8+. The molecular formula is C17H14N2O4. The van der Waals surface area contributed by atoms with Gasteiger partial charge >= 0.3 is 0 Å². The first-order valence-electron chi connectivity index (χ1n) is 7.30. The molecule has 0 aliphatic carbocycles. The van der Waals surface area contributed by atoms with Crippen LogP contribution in [0.1, 0.15) is 17.7 Å². The fourth-order valence-corrected chi connectivity index (χ4v) is 2.49. The maximum Gasteiger partial charge on any atom is 0.275 e. The van der Waals surface area contributed by atoms with Crippen LogP contribution < -0.4 is 14.8 Å². The quantitative estimate of drug-likeness (QED) is 0.881. The minimum atomic E-state index is -0.197. The second-order valence-corrected chi connectivity index (χ2v) is 5.23. The average Bonchev–Trinajstić information content (AvgIpc) is 3.27. The highest BCUT2D eigenvalue weighted by Crippen LogP contribution is 2.33. The Hall–Kier alpha value is -3.02. The number of nitrogens with zero attached hydrogens (tertiary/aromatic N) is 1. The van der Waals surface area contributed by atoms with Gasteiger partial charge in [-0.1, -0.05) is 6.07 Å². The molecule has 2 aromatic rings. The zero-order chi connectivity index (χ0) is 15.6. The lowest BCUT2D eigenvalue weighted by atomic mass is 10.1. The van der Waals surface area contributed by atoms with Crippen LogP contribution in [0.5, 0.6) is 11.5 Å². The van der Waals surface area contributed by atoms with Crippen LogP contribution in [0.2, 0.25) is 0 Å². The molecule has 3 heterocycles. The summed E-state index contributed by atoms with van der Waals surface area (Å²) in [4.78, 5) is 16.4. The summed E-state index contributed by atoms with van der Waals surface area (Å²) in [5, 5.41) is 2.78. The van der Waals surface area contributed by atoms with E-state index in [0.717, 1.165) is 11.3 Å². The zero-order valence-corrected chi connectivity index (χ0v) is 12.2. The molecule has 0 bridgehead atoms. The van der Waals surface area contributed by atoms with Crippen LogP contribution >= 0.6 is 0 Å². The number of benzene rings is 1. The monoisotopic (exact) mass is 310 g/mol. The molecule has 0 atom stereocenters. The predicted octanol–water partition coefficient (Wildman–Crippen LogP) is 2.51. The van der Waals surface area contributed by atoms with Gasteiger partial charge in [0.05, 0.1) is 6.26 Å². The fourth-order valence-electron chi connectivity index (χ4n) is 2.49. The summed E-state index contributed by atoms with van der Waals surface area (Å²) in [6, 6.07) is 9.27. The molecule has 0 saturated carbocycles. The highest BCUT2D eigenvalue weighted by molar-refractivity contribution is 6.14. The predicted molar refractivity (Wildman–Crippen MR) is 83.1 cm³/mol. The van der Waals surface area contributed by atoms with Crippen molar-refractivity contribution in [3.63, 3.8) is 0 Å². The van der Waals surface area contributed by atoms with Gasteiger partial charge in [-0.2, -0.15) is 0 Å². The minimum absolute atomic E-state index is 0.197. The zero-order valence-electron chi connectivity index (χ0n) is 12.2. The van der Waals surface area contributed by atoms with E-state index in [-0.39, 0.29) is 12.7 Å². The molecule has 0 unspecified atom stereocenters. The van der Waals surface area contributed by atoms with Crippen LogP contribution in [0.4, 0.5) is 0 Å². The smallest absolute Gasteiger partial charge is 0.275 e. The van der Waals surface area contributed by atoms with Gasteiger partial charge in [0.15, 0.2) is 11.5 Å². The summed E-state index contributed by atoms with van der Waals surface area (Å²) in [7, 11) is 0. The Bertz CT molecular complexity index is 806. The maximum absolute atomic E-state index is 12.0. The van der Waals surface area contributed by atoms with Crippen LogP contribution in [0.25, 0.3) is 6.08 Å². The number of carbonyl (C=O) groups excluding carboxylic acids is 1. The molecule has 2 aliphatic heterocycles. The molecule has 1 aromatic heterocycles. The third kappa shape index (κ3) is 2.83. The minimum Gasteiger partial charge on any atom is -0.469 e. The number of rotatable bonds is 4. The highest BCUT2D eigenvalue weighted by Gasteiger charge is 2.20. The molecule has 2 aliphatic rings. The first-order valence-corrected chi connectivity index (χ1v) is 7.30. The Labute approximate surface area is 132 Å². The molecule has 23 heavy (non-hydrogen) atoms. The van der Waals surface area contributed by atoms with E-state index in [1.54, 1.807) is 12.3 Å². The van der Waals surface area contributed by atoms with Crippen molar-refractivity contribution in [1.82, 2.24) is 5.32 Å². The summed E-state index contributed by atoms with van der Waals surface area (Å²) < 4.78 is 15.9. The number of hydrogen-bond acceptors (Lipinski definition) is 5. The highest BCUT2D eigenvalue weighted by atomic mass is 16.7. The second kappa shape index (κ2) is 5.64. The SMILES string of the molecule is O=C1NC(CCc2ccco2)=N/C1=C/c1ccc2c(c1)OCO2. The van der Waals surface area contributed by atoms with Gasteiger partial charge in [-0.3, -0.25) is 4.79 Å². The molecule has 6 nitrogen and oxygen atoms in total. The van der Waals surface area contributed by atoms with Crippen molar-refractivity contribution in [3.05, 3.63) is 53.6 Å². The Morgan fingerprint density at radius 3 is 2.96 bits per heavy atom. The number of nitrogens with one attached hydrogen (secondary N) is 1. The Kier molecular flexibility index (Phi) is 3.34. The van der Waals surface area contributed by atoms with E-state index in [4.69, 9.17) is 13.9 Å². The normalized spacial score (nSPS) is 17.5. The molecule has 4 rings (SSSR count). The molecule has 6 heteroatoms. The van der Waals surface area contributed by atoms with Crippen molar-refractivity contribution >= 4 is 17.8 Å². The van der Waals surface area contributed by atoms with Crippen molar-refractivity contribution < 1.29 is 18.7 Å². The summed E-state index contributed by atoms with van der Waals surface area (Å²) in [6.07, 6.45) is 4.69. The molecule has 1 N–H and O–H groups in total. The molecule has 1 aromatic carbocycles. The van der Waals surface area contributed by atoms with E-state index in [2.05, 4.69) is 10.3 Å². The van der Waals surface area contributed by atoms with Gasteiger partial charge in [-0.25, -0.2) is 4.99 Å². The van der Waals surface area contributed by atoms with E-state index in [1.165, 1.54) is 0 Å². The third-order valence-electron chi connectivity index (χ3n) is 3.63. The molecule has 0 radical (unpaired) electrons. The van der Waals surface area contributed by atoms with Gasteiger partial charge in [0, 0.05) is 12.8 Å². The van der Waals surface area contributed by atoms with Crippen molar-refractivity contribution in [2.45, 2.75) is 12.8 Å². The molecule has 0 fully saturated rings. The number of carbonyl (C=O) groups is 1. The number of aliphatic imine (C=N–C) groups is 1. The lowest BCUT2D eigenvalue weighted by Gasteiger charge is -1.98. The van der Waals surface area contributed by atoms with Crippen LogP contribution in [-0.4, -0.2) is 18.5 Å². The van der Waals surface area contributed by atoms with Gasteiger partial charge in [0.25, 0.3) is 5.91 Å². The molecule has 0 spiro atoms. The summed E-state index contributed by atoms with van der Waals surface area (Å²) in [5.41, 5.74) is 1.23. The van der Waals surface area contributed by atoms with Gasteiger partial charge in [-0.05, 0) is 35.9 Å². The lowest BCUT2D eigenvalue weighted by Crippen LogP contribution is -2.24. The number of hydrogen-bond donors (Lipinski definition) is 1. The van der Waals surface area contributed by atoms with E-state index in [9.17, 15) is 4.79 Å². The van der Waals surface area contributed by atoms with E-state index in [0.29, 0.717) is 35.9 Å². The number of aryl methyl sites for hydroxylation is 1. The van der Waals surface area contributed by atoms with E-state index < -0.39 is 0 Å².